The minimum absolute atomic E-state index is 0.0638. The Morgan fingerprint density at radius 3 is 2.47 bits per heavy atom. The molecule has 0 radical (unpaired) electrons. The summed E-state index contributed by atoms with van der Waals surface area (Å²) >= 11 is 0. The van der Waals surface area contributed by atoms with Gasteiger partial charge >= 0.3 is 11.8 Å². The van der Waals surface area contributed by atoms with Gasteiger partial charge in [-0.25, -0.2) is 12.8 Å². The lowest BCUT2D eigenvalue weighted by atomic mass is 10.1. The Labute approximate surface area is 188 Å². The summed E-state index contributed by atoms with van der Waals surface area (Å²) in [6.07, 6.45) is 1.76. The van der Waals surface area contributed by atoms with Crippen LogP contribution >= 0.6 is 0 Å². The smallest absolute Gasteiger partial charge is 0.309 e. The maximum atomic E-state index is 13.2. The molecular weight excluding hydrogens is 433 g/mol. The Bertz CT molecular complexity index is 1090. The fourth-order valence-corrected chi connectivity index (χ4v) is 5.79. The van der Waals surface area contributed by atoms with Gasteiger partial charge in [0, 0.05) is 25.7 Å². The van der Waals surface area contributed by atoms with E-state index in [0.717, 1.165) is 11.1 Å². The summed E-state index contributed by atoms with van der Waals surface area (Å²) in [6, 6.07) is 10.8. The molecule has 0 bridgehead atoms. The number of hydrogen-bond acceptors (Lipinski definition) is 4. The van der Waals surface area contributed by atoms with E-state index in [-0.39, 0.29) is 23.8 Å². The van der Waals surface area contributed by atoms with Crippen LogP contribution in [0.2, 0.25) is 0 Å². The maximum Gasteiger partial charge on any atom is 0.309 e. The van der Waals surface area contributed by atoms with Gasteiger partial charge in [0.25, 0.3) is 0 Å². The number of benzene rings is 2. The molecule has 0 saturated carbocycles. The molecule has 0 aliphatic carbocycles. The Hall–Kier alpha value is -2.78. The maximum absolute atomic E-state index is 13.2. The van der Waals surface area contributed by atoms with Crippen molar-refractivity contribution >= 4 is 21.8 Å². The Kier molecular flexibility index (Phi) is 7.63. The van der Waals surface area contributed by atoms with Gasteiger partial charge in [-0.15, -0.1) is 0 Å². The summed E-state index contributed by atoms with van der Waals surface area (Å²) in [5.41, 5.74) is 2.37. The van der Waals surface area contributed by atoms with Crippen LogP contribution in [0.1, 0.15) is 29.5 Å². The first-order chi connectivity index (χ1) is 15.2. The first-order valence-electron chi connectivity index (χ1n) is 10.6. The SMILES string of the molecule is Cc1ccc(C)c(S(=O)(=O)N2CCC[C@H]2CNC(=O)C(=O)NCCc2ccc(F)cc2)c1. The lowest BCUT2D eigenvalue weighted by molar-refractivity contribution is -0.139. The van der Waals surface area contributed by atoms with Crippen LogP contribution < -0.4 is 10.6 Å². The lowest BCUT2D eigenvalue weighted by Crippen LogP contribution is -2.47. The van der Waals surface area contributed by atoms with Crippen LogP contribution in [0.4, 0.5) is 4.39 Å². The van der Waals surface area contributed by atoms with E-state index in [1.54, 1.807) is 31.2 Å². The largest absolute Gasteiger partial charge is 0.348 e. The second kappa shape index (κ2) is 10.2. The number of nitrogens with zero attached hydrogens (tertiary/aromatic N) is 1. The molecule has 1 atom stereocenters. The van der Waals surface area contributed by atoms with Crippen molar-refractivity contribution in [2.24, 2.45) is 0 Å². The molecule has 172 valence electrons. The van der Waals surface area contributed by atoms with Gasteiger partial charge in [-0.05, 0) is 68.0 Å². The molecular formula is C23H28FN3O4S. The third kappa shape index (κ3) is 5.72. The van der Waals surface area contributed by atoms with E-state index in [2.05, 4.69) is 10.6 Å². The number of sulfonamides is 1. The zero-order valence-electron chi connectivity index (χ0n) is 18.2. The number of hydrogen-bond donors (Lipinski definition) is 2. The lowest BCUT2D eigenvalue weighted by Gasteiger charge is -2.25. The Morgan fingerprint density at radius 2 is 1.75 bits per heavy atom. The predicted molar refractivity (Wildman–Crippen MR) is 119 cm³/mol. The van der Waals surface area contributed by atoms with E-state index in [1.807, 2.05) is 13.0 Å². The first kappa shape index (κ1) is 23.9. The van der Waals surface area contributed by atoms with Crippen LogP contribution in [0.25, 0.3) is 0 Å². The molecule has 0 aromatic heterocycles. The van der Waals surface area contributed by atoms with Crippen molar-refractivity contribution in [3.63, 3.8) is 0 Å². The van der Waals surface area contributed by atoms with Crippen molar-refractivity contribution in [2.75, 3.05) is 19.6 Å². The first-order valence-corrected chi connectivity index (χ1v) is 12.0. The van der Waals surface area contributed by atoms with Crippen molar-refractivity contribution in [2.45, 2.75) is 44.0 Å². The van der Waals surface area contributed by atoms with Crippen molar-refractivity contribution in [1.82, 2.24) is 14.9 Å². The molecule has 2 amide bonds. The monoisotopic (exact) mass is 461 g/mol. The molecule has 3 rings (SSSR count). The number of carbonyl (C=O) groups excluding carboxylic acids is 2. The van der Waals surface area contributed by atoms with Crippen molar-refractivity contribution in [3.8, 4) is 0 Å². The molecule has 1 saturated heterocycles. The number of aryl methyl sites for hydroxylation is 2. The normalized spacial score (nSPS) is 16.7. The quantitative estimate of drug-likeness (QED) is 0.617. The van der Waals surface area contributed by atoms with Crippen molar-refractivity contribution < 1.29 is 22.4 Å². The molecule has 32 heavy (non-hydrogen) atoms. The predicted octanol–water partition coefficient (Wildman–Crippen LogP) is 2.07. The summed E-state index contributed by atoms with van der Waals surface area (Å²) in [6.45, 7) is 4.27. The molecule has 1 aliphatic heterocycles. The summed E-state index contributed by atoms with van der Waals surface area (Å²) in [5, 5.41) is 5.08. The second-order valence-electron chi connectivity index (χ2n) is 8.02. The number of nitrogens with one attached hydrogen (secondary N) is 2. The molecule has 1 aliphatic rings. The van der Waals surface area contributed by atoms with E-state index >= 15 is 0 Å². The third-order valence-corrected chi connectivity index (χ3v) is 7.66. The van der Waals surface area contributed by atoms with Gasteiger partial charge in [0.1, 0.15) is 5.82 Å². The molecule has 1 fully saturated rings. The van der Waals surface area contributed by atoms with Crippen LogP contribution in [0, 0.1) is 19.7 Å². The Morgan fingerprint density at radius 1 is 1.06 bits per heavy atom. The Balaban J connectivity index is 1.53. The highest BCUT2D eigenvalue weighted by Crippen LogP contribution is 2.28. The van der Waals surface area contributed by atoms with Crippen LogP contribution in [0.15, 0.2) is 47.4 Å². The van der Waals surface area contributed by atoms with Crippen LogP contribution in [-0.4, -0.2) is 50.2 Å². The van der Waals surface area contributed by atoms with Gasteiger partial charge in [-0.3, -0.25) is 9.59 Å². The molecule has 2 N–H and O–H groups in total. The topological polar surface area (TPSA) is 95.6 Å². The summed E-state index contributed by atoms with van der Waals surface area (Å²) in [4.78, 5) is 24.5. The highest BCUT2D eigenvalue weighted by molar-refractivity contribution is 7.89. The van der Waals surface area contributed by atoms with Crippen LogP contribution in [0.3, 0.4) is 0 Å². The molecule has 0 spiro atoms. The molecule has 2 aromatic carbocycles. The summed E-state index contributed by atoms with van der Waals surface area (Å²) in [5.74, 6) is -1.92. The number of carbonyl (C=O) groups is 2. The van der Waals surface area contributed by atoms with E-state index in [9.17, 15) is 22.4 Å². The van der Waals surface area contributed by atoms with Crippen molar-refractivity contribution in [3.05, 3.63) is 65.0 Å². The fraction of sp³-hybridized carbons (Fsp3) is 0.391. The minimum Gasteiger partial charge on any atom is -0.348 e. The summed E-state index contributed by atoms with van der Waals surface area (Å²) in [7, 11) is -3.70. The van der Waals surface area contributed by atoms with Gasteiger partial charge in [-0.1, -0.05) is 24.3 Å². The standard InChI is InChI=1S/C23H28FN3O4S/c1-16-5-6-17(2)21(14-16)32(30,31)27-13-3-4-20(27)15-26-23(29)22(28)25-12-11-18-7-9-19(24)10-8-18/h5-10,14,20H,3-4,11-13,15H2,1-2H3,(H,25,28)(H,26,29)/t20-/m0/s1. The van der Waals surface area contributed by atoms with Gasteiger partial charge in [-0.2, -0.15) is 4.31 Å². The van der Waals surface area contributed by atoms with Crippen LogP contribution in [0.5, 0.6) is 0 Å². The van der Waals surface area contributed by atoms with Crippen molar-refractivity contribution in [1.29, 1.82) is 0 Å². The van der Waals surface area contributed by atoms with Gasteiger partial charge in [0.2, 0.25) is 10.0 Å². The minimum atomic E-state index is -3.70. The highest BCUT2D eigenvalue weighted by atomic mass is 32.2. The van der Waals surface area contributed by atoms with Gasteiger partial charge in [0.15, 0.2) is 0 Å². The molecule has 1 heterocycles. The molecule has 0 unspecified atom stereocenters. The number of rotatable bonds is 7. The van der Waals surface area contributed by atoms with E-state index in [4.69, 9.17) is 0 Å². The number of halogens is 1. The molecule has 7 nitrogen and oxygen atoms in total. The molecule has 2 aromatic rings. The van der Waals surface area contributed by atoms with E-state index in [0.29, 0.717) is 31.4 Å². The van der Waals surface area contributed by atoms with Gasteiger partial charge < -0.3 is 10.6 Å². The van der Waals surface area contributed by atoms with Gasteiger partial charge in [0.05, 0.1) is 4.90 Å². The third-order valence-electron chi connectivity index (χ3n) is 5.57. The second-order valence-corrected chi connectivity index (χ2v) is 9.88. The van der Waals surface area contributed by atoms with Crippen LogP contribution in [-0.2, 0) is 26.0 Å². The average Bonchev–Trinajstić information content (AvgIpc) is 3.24. The molecule has 9 heteroatoms. The van der Waals surface area contributed by atoms with E-state index < -0.39 is 27.9 Å². The fourth-order valence-electron chi connectivity index (χ4n) is 3.78. The highest BCUT2D eigenvalue weighted by Gasteiger charge is 2.36. The summed E-state index contributed by atoms with van der Waals surface area (Å²) < 4.78 is 40.8. The van der Waals surface area contributed by atoms with E-state index in [1.165, 1.54) is 16.4 Å². The average molecular weight is 462 g/mol. The zero-order chi connectivity index (χ0) is 23.3. The zero-order valence-corrected chi connectivity index (χ0v) is 19.0. The number of amides is 2.